The van der Waals surface area contributed by atoms with Gasteiger partial charge in [0.1, 0.15) is 17.4 Å². The van der Waals surface area contributed by atoms with Crippen LogP contribution in [0.4, 0.5) is 0 Å². The summed E-state index contributed by atoms with van der Waals surface area (Å²) in [5.74, 6) is -1.98. The van der Waals surface area contributed by atoms with Gasteiger partial charge in [-0.2, -0.15) is 0 Å². The SMILES string of the molecule is CCN(CC)C(=O)C(C)NC(=O)c1cccc(C(=O)O)n1. The van der Waals surface area contributed by atoms with E-state index in [1.807, 2.05) is 13.8 Å². The fourth-order valence-corrected chi connectivity index (χ4v) is 1.82. The van der Waals surface area contributed by atoms with Gasteiger partial charge in [-0.05, 0) is 32.9 Å². The van der Waals surface area contributed by atoms with Crippen LogP contribution in [-0.2, 0) is 4.79 Å². The maximum atomic E-state index is 12.0. The normalized spacial score (nSPS) is 11.6. The molecule has 0 saturated carbocycles. The molecule has 0 aliphatic heterocycles. The third kappa shape index (κ3) is 4.27. The van der Waals surface area contributed by atoms with Crippen LogP contribution in [0.3, 0.4) is 0 Å². The van der Waals surface area contributed by atoms with Gasteiger partial charge >= 0.3 is 5.97 Å². The fraction of sp³-hybridized carbons (Fsp3) is 0.429. The van der Waals surface area contributed by atoms with Crippen molar-refractivity contribution in [3.8, 4) is 0 Å². The molecule has 0 aromatic carbocycles. The Balaban J connectivity index is 2.79. The Labute approximate surface area is 123 Å². The molecule has 0 bridgehead atoms. The molecule has 1 unspecified atom stereocenters. The molecule has 0 saturated heterocycles. The van der Waals surface area contributed by atoms with Gasteiger partial charge in [-0.1, -0.05) is 6.07 Å². The zero-order valence-corrected chi connectivity index (χ0v) is 12.3. The van der Waals surface area contributed by atoms with Crippen molar-refractivity contribution in [1.29, 1.82) is 0 Å². The summed E-state index contributed by atoms with van der Waals surface area (Å²) in [6, 6.07) is 3.43. The van der Waals surface area contributed by atoms with Crippen LogP contribution in [0.1, 0.15) is 41.7 Å². The Bertz CT molecular complexity index is 541. The number of pyridine rings is 1. The topological polar surface area (TPSA) is 99.6 Å². The Kier molecular flexibility index (Phi) is 5.83. The molecule has 114 valence electrons. The van der Waals surface area contributed by atoms with Gasteiger partial charge in [0.05, 0.1) is 0 Å². The van der Waals surface area contributed by atoms with E-state index in [1.165, 1.54) is 18.2 Å². The summed E-state index contributed by atoms with van der Waals surface area (Å²) in [4.78, 5) is 40.2. The number of hydrogen-bond donors (Lipinski definition) is 2. The van der Waals surface area contributed by atoms with Gasteiger partial charge in [0.25, 0.3) is 5.91 Å². The molecule has 1 rings (SSSR count). The zero-order valence-electron chi connectivity index (χ0n) is 12.3. The molecule has 7 nitrogen and oxygen atoms in total. The maximum Gasteiger partial charge on any atom is 0.354 e. The first-order valence-corrected chi connectivity index (χ1v) is 6.70. The third-order valence-electron chi connectivity index (χ3n) is 2.99. The van der Waals surface area contributed by atoms with E-state index in [0.717, 1.165) is 0 Å². The summed E-state index contributed by atoms with van der Waals surface area (Å²) in [6.07, 6.45) is 0. The molecule has 21 heavy (non-hydrogen) atoms. The number of carboxylic acids is 1. The van der Waals surface area contributed by atoms with E-state index >= 15 is 0 Å². The minimum Gasteiger partial charge on any atom is -0.477 e. The zero-order chi connectivity index (χ0) is 16.0. The lowest BCUT2D eigenvalue weighted by atomic mass is 10.2. The first-order valence-electron chi connectivity index (χ1n) is 6.70. The van der Waals surface area contributed by atoms with Gasteiger partial charge in [-0.15, -0.1) is 0 Å². The number of rotatable bonds is 6. The summed E-state index contributed by atoms with van der Waals surface area (Å²) >= 11 is 0. The smallest absolute Gasteiger partial charge is 0.354 e. The van der Waals surface area contributed by atoms with Gasteiger partial charge in [-0.25, -0.2) is 9.78 Å². The molecule has 1 heterocycles. The molecule has 0 spiro atoms. The highest BCUT2D eigenvalue weighted by molar-refractivity contribution is 5.97. The van der Waals surface area contributed by atoms with Gasteiger partial charge in [0.15, 0.2) is 0 Å². The monoisotopic (exact) mass is 293 g/mol. The lowest BCUT2D eigenvalue weighted by molar-refractivity contribution is -0.132. The number of nitrogens with one attached hydrogen (secondary N) is 1. The highest BCUT2D eigenvalue weighted by Crippen LogP contribution is 2.02. The van der Waals surface area contributed by atoms with Crippen LogP contribution >= 0.6 is 0 Å². The van der Waals surface area contributed by atoms with Crippen LogP contribution in [0.15, 0.2) is 18.2 Å². The minimum atomic E-state index is -1.21. The van der Waals surface area contributed by atoms with Crippen LogP contribution in [0.2, 0.25) is 0 Å². The van der Waals surface area contributed by atoms with E-state index in [-0.39, 0.29) is 17.3 Å². The largest absolute Gasteiger partial charge is 0.477 e. The highest BCUT2D eigenvalue weighted by atomic mass is 16.4. The summed E-state index contributed by atoms with van der Waals surface area (Å²) in [5, 5.41) is 11.4. The summed E-state index contributed by atoms with van der Waals surface area (Å²) in [6.45, 7) is 6.41. The molecule has 0 fully saturated rings. The second-order valence-corrected chi connectivity index (χ2v) is 4.42. The first-order chi connectivity index (χ1) is 9.90. The molecular formula is C14H19N3O4. The molecule has 2 amide bonds. The lowest BCUT2D eigenvalue weighted by Crippen LogP contribution is -2.47. The Hall–Kier alpha value is -2.44. The van der Waals surface area contributed by atoms with Gasteiger partial charge in [-0.3, -0.25) is 9.59 Å². The van der Waals surface area contributed by atoms with E-state index in [2.05, 4.69) is 10.3 Å². The van der Waals surface area contributed by atoms with Crippen molar-refractivity contribution in [3.63, 3.8) is 0 Å². The van der Waals surface area contributed by atoms with Crippen molar-refractivity contribution >= 4 is 17.8 Å². The predicted molar refractivity (Wildman–Crippen MR) is 76.1 cm³/mol. The van der Waals surface area contributed by atoms with Crippen LogP contribution in [-0.4, -0.2) is 51.9 Å². The molecule has 0 aliphatic rings. The molecule has 1 aromatic rings. The third-order valence-corrected chi connectivity index (χ3v) is 2.99. The van der Waals surface area contributed by atoms with Crippen LogP contribution in [0, 0.1) is 0 Å². The summed E-state index contributed by atoms with van der Waals surface area (Å²) in [5.41, 5.74) is -0.250. The van der Waals surface area contributed by atoms with Crippen molar-refractivity contribution in [1.82, 2.24) is 15.2 Å². The quantitative estimate of drug-likeness (QED) is 0.807. The highest BCUT2D eigenvalue weighted by Gasteiger charge is 2.21. The van der Waals surface area contributed by atoms with Crippen LogP contribution < -0.4 is 5.32 Å². The van der Waals surface area contributed by atoms with E-state index < -0.39 is 17.9 Å². The molecule has 1 atom stereocenters. The van der Waals surface area contributed by atoms with E-state index in [4.69, 9.17) is 5.11 Å². The number of hydrogen-bond acceptors (Lipinski definition) is 4. The number of carbonyl (C=O) groups is 3. The van der Waals surface area contributed by atoms with E-state index in [1.54, 1.807) is 11.8 Å². The average molecular weight is 293 g/mol. The van der Waals surface area contributed by atoms with E-state index in [9.17, 15) is 14.4 Å². The molecule has 0 aliphatic carbocycles. The number of carbonyl (C=O) groups excluding carboxylic acids is 2. The number of carboxylic acid groups (broad SMARTS) is 1. The van der Waals surface area contributed by atoms with Crippen molar-refractivity contribution in [2.45, 2.75) is 26.8 Å². The Morgan fingerprint density at radius 2 is 1.81 bits per heavy atom. The van der Waals surface area contributed by atoms with Crippen molar-refractivity contribution in [3.05, 3.63) is 29.6 Å². The molecule has 1 aromatic heterocycles. The fourth-order valence-electron chi connectivity index (χ4n) is 1.82. The number of likely N-dealkylation sites (N-methyl/N-ethyl adjacent to an activating group) is 1. The first kappa shape index (κ1) is 16.6. The number of amides is 2. The molecule has 7 heteroatoms. The van der Waals surface area contributed by atoms with Crippen LogP contribution in [0.25, 0.3) is 0 Å². The molecule has 2 N–H and O–H groups in total. The molecule has 0 radical (unpaired) electrons. The minimum absolute atomic E-state index is 0.0332. The second kappa shape index (κ2) is 7.37. The van der Waals surface area contributed by atoms with Crippen molar-refractivity contribution < 1.29 is 19.5 Å². The number of aromatic nitrogens is 1. The summed E-state index contributed by atoms with van der Waals surface area (Å²) < 4.78 is 0. The average Bonchev–Trinajstić information content (AvgIpc) is 2.48. The summed E-state index contributed by atoms with van der Waals surface area (Å²) in [7, 11) is 0. The second-order valence-electron chi connectivity index (χ2n) is 4.42. The number of nitrogens with zero attached hydrogens (tertiary/aromatic N) is 2. The van der Waals surface area contributed by atoms with Gasteiger partial charge in [0, 0.05) is 13.1 Å². The van der Waals surface area contributed by atoms with Gasteiger partial charge in [0.2, 0.25) is 5.91 Å². The van der Waals surface area contributed by atoms with Gasteiger partial charge < -0.3 is 15.3 Å². The maximum absolute atomic E-state index is 12.0. The van der Waals surface area contributed by atoms with Crippen molar-refractivity contribution in [2.75, 3.05) is 13.1 Å². The number of aromatic carboxylic acids is 1. The molecular weight excluding hydrogens is 274 g/mol. The van der Waals surface area contributed by atoms with Crippen molar-refractivity contribution in [2.24, 2.45) is 0 Å². The Morgan fingerprint density at radius 3 is 2.33 bits per heavy atom. The van der Waals surface area contributed by atoms with Crippen LogP contribution in [0.5, 0.6) is 0 Å². The standard InChI is InChI=1S/C14H19N3O4/c1-4-17(5-2)13(19)9(3)15-12(18)10-7-6-8-11(16-10)14(20)21/h6-9H,4-5H2,1-3H3,(H,15,18)(H,20,21). The van der Waals surface area contributed by atoms with E-state index in [0.29, 0.717) is 13.1 Å². The predicted octanol–water partition coefficient (Wildman–Crippen LogP) is 0.766. The lowest BCUT2D eigenvalue weighted by Gasteiger charge is -2.23. The Morgan fingerprint density at radius 1 is 1.24 bits per heavy atom.